The Morgan fingerprint density at radius 3 is 2.64 bits per heavy atom. The molecule has 25 heavy (non-hydrogen) atoms. The predicted octanol–water partition coefficient (Wildman–Crippen LogP) is 4.44. The van der Waals surface area contributed by atoms with Gasteiger partial charge in [0.1, 0.15) is 5.75 Å². The third kappa shape index (κ3) is 3.82. The quantitative estimate of drug-likeness (QED) is 0.715. The van der Waals surface area contributed by atoms with Gasteiger partial charge in [0, 0.05) is 23.9 Å². The molecular formula is C20H27NO3S. The normalized spacial score (nSPS) is 19.2. The van der Waals surface area contributed by atoms with Gasteiger partial charge in [-0.05, 0) is 37.3 Å². The molecule has 0 N–H and O–H groups in total. The number of ether oxygens (including phenoxy) is 1. The van der Waals surface area contributed by atoms with Crippen LogP contribution in [-0.2, 0) is 10.0 Å². The van der Waals surface area contributed by atoms with Crippen molar-refractivity contribution in [3.63, 3.8) is 0 Å². The van der Waals surface area contributed by atoms with E-state index >= 15 is 0 Å². The second kappa shape index (κ2) is 7.75. The summed E-state index contributed by atoms with van der Waals surface area (Å²) in [6.45, 7) is 6.10. The van der Waals surface area contributed by atoms with Gasteiger partial charge in [0.15, 0.2) is 0 Å². The minimum Gasteiger partial charge on any atom is -0.493 e. The van der Waals surface area contributed by atoms with E-state index in [1.54, 1.807) is 16.4 Å². The molecule has 0 amide bonds. The lowest BCUT2D eigenvalue weighted by Gasteiger charge is -2.30. The number of nitrogens with zero attached hydrogens (tertiary/aromatic N) is 1. The highest BCUT2D eigenvalue weighted by atomic mass is 32.2. The number of rotatable bonds is 6. The summed E-state index contributed by atoms with van der Waals surface area (Å²) in [7, 11) is -3.49. The van der Waals surface area contributed by atoms with Gasteiger partial charge in [-0.3, -0.25) is 0 Å². The van der Waals surface area contributed by atoms with E-state index in [2.05, 4.69) is 13.8 Å². The summed E-state index contributed by atoms with van der Waals surface area (Å²) in [4.78, 5) is 0.389. The molecule has 2 aromatic carbocycles. The Kier molecular flexibility index (Phi) is 5.64. The average Bonchev–Trinajstić information content (AvgIpc) is 2.62. The van der Waals surface area contributed by atoms with Gasteiger partial charge in [0.2, 0.25) is 10.0 Å². The molecular weight excluding hydrogens is 334 g/mol. The van der Waals surface area contributed by atoms with Gasteiger partial charge < -0.3 is 4.74 Å². The first kappa shape index (κ1) is 18.2. The molecule has 0 spiro atoms. The summed E-state index contributed by atoms with van der Waals surface area (Å²) in [5.74, 6) is 1.17. The summed E-state index contributed by atoms with van der Waals surface area (Å²) in [6.07, 6.45) is 4.07. The van der Waals surface area contributed by atoms with Crippen LogP contribution in [0.25, 0.3) is 10.8 Å². The zero-order valence-corrected chi connectivity index (χ0v) is 15.9. The van der Waals surface area contributed by atoms with E-state index < -0.39 is 10.0 Å². The summed E-state index contributed by atoms with van der Waals surface area (Å²) in [5.41, 5.74) is 0. The summed E-state index contributed by atoms with van der Waals surface area (Å²) in [6, 6.07) is 11.1. The van der Waals surface area contributed by atoms with E-state index in [9.17, 15) is 8.42 Å². The van der Waals surface area contributed by atoms with Crippen molar-refractivity contribution in [1.82, 2.24) is 4.31 Å². The number of sulfonamides is 1. The highest BCUT2D eigenvalue weighted by Crippen LogP contribution is 2.33. The maximum Gasteiger partial charge on any atom is 0.243 e. The molecule has 4 nitrogen and oxygen atoms in total. The Balaban J connectivity index is 2.01. The largest absolute Gasteiger partial charge is 0.493 e. The summed E-state index contributed by atoms with van der Waals surface area (Å²) < 4.78 is 33.9. The highest BCUT2D eigenvalue weighted by molar-refractivity contribution is 7.89. The van der Waals surface area contributed by atoms with E-state index in [4.69, 9.17) is 4.74 Å². The van der Waals surface area contributed by atoms with Gasteiger partial charge in [-0.2, -0.15) is 4.31 Å². The molecule has 1 aliphatic rings. The van der Waals surface area contributed by atoms with Crippen molar-refractivity contribution in [3.8, 4) is 5.75 Å². The van der Waals surface area contributed by atoms with Crippen molar-refractivity contribution in [2.24, 2.45) is 5.92 Å². The number of hydrogen-bond donors (Lipinski definition) is 0. The molecule has 1 aliphatic heterocycles. The van der Waals surface area contributed by atoms with E-state index in [0.717, 1.165) is 42.2 Å². The molecule has 0 aliphatic carbocycles. The van der Waals surface area contributed by atoms with Crippen LogP contribution in [0.4, 0.5) is 0 Å². The fourth-order valence-electron chi connectivity index (χ4n) is 3.42. The first-order valence-corrected chi connectivity index (χ1v) is 10.6. The number of benzene rings is 2. The predicted molar refractivity (Wildman–Crippen MR) is 102 cm³/mol. The maximum atomic E-state index is 13.2. The van der Waals surface area contributed by atoms with Crippen LogP contribution < -0.4 is 4.74 Å². The van der Waals surface area contributed by atoms with Gasteiger partial charge in [-0.1, -0.05) is 44.5 Å². The Morgan fingerprint density at radius 1 is 1.16 bits per heavy atom. The van der Waals surface area contributed by atoms with Gasteiger partial charge >= 0.3 is 0 Å². The van der Waals surface area contributed by atoms with Crippen LogP contribution in [-0.4, -0.2) is 32.4 Å². The van der Waals surface area contributed by atoms with Crippen molar-refractivity contribution >= 4 is 20.8 Å². The Morgan fingerprint density at radius 2 is 1.92 bits per heavy atom. The number of hydrogen-bond acceptors (Lipinski definition) is 3. The highest BCUT2D eigenvalue weighted by Gasteiger charge is 2.30. The van der Waals surface area contributed by atoms with Crippen LogP contribution in [0.2, 0.25) is 0 Å². The minimum absolute atomic E-state index is 0.389. The van der Waals surface area contributed by atoms with Crippen molar-refractivity contribution < 1.29 is 13.2 Å². The Labute approximate surface area is 150 Å². The van der Waals surface area contributed by atoms with Gasteiger partial charge in [0.25, 0.3) is 0 Å². The van der Waals surface area contributed by atoms with Crippen molar-refractivity contribution in [2.45, 2.75) is 44.4 Å². The van der Waals surface area contributed by atoms with E-state index in [-0.39, 0.29) is 0 Å². The number of fused-ring (bicyclic) bond motifs is 1. The summed E-state index contributed by atoms with van der Waals surface area (Å²) in [5, 5.41) is 1.61. The molecule has 3 rings (SSSR count). The van der Waals surface area contributed by atoms with E-state index in [1.165, 1.54) is 0 Å². The lowest BCUT2D eigenvalue weighted by molar-refractivity contribution is 0.281. The first-order chi connectivity index (χ1) is 12.0. The lowest BCUT2D eigenvalue weighted by Crippen LogP contribution is -2.39. The SMILES string of the molecule is CCCCOc1ccc(S(=O)(=O)N2CCC[C@@H](C)C2)c2ccccc12. The third-order valence-corrected chi connectivity index (χ3v) is 6.76. The average molecular weight is 362 g/mol. The second-order valence-corrected chi connectivity index (χ2v) is 8.83. The van der Waals surface area contributed by atoms with Crippen molar-refractivity contribution in [2.75, 3.05) is 19.7 Å². The monoisotopic (exact) mass is 361 g/mol. The standard InChI is InChI=1S/C20H27NO3S/c1-3-4-14-24-19-11-12-20(18-10-6-5-9-17(18)19)25(22,23)21-13-7-8-16(2)15-21/h5-6,9-12,16H,3-4,7-8,13-15H2,1-2H3/t16-/m1/s1. The van der Waals surface area contributed by atoms with Crippen LogP contribution in [0.3, 0.4) is 0 Å². The van der Waals surface area contributed by atoms with Crippen LogP contribution in [0.5, 0.6) is 5.75 Å². The minimum atomic E-state index is -3.49. The molecule has 0 radical (unpaired) electrons. The fraction of sp³-hybridized carbons (Fsp3) is 0.500. The summed E-state index contributed by atoms with van der Waals surface area (Å²) >= 11 is 0. The Hall–Kier alpha value is -1.59. The van der Waals surface area contributed by atoms with Gasteiger partial charge in [-0.15, -0.1) is 0 Å². The molecule has 1 saturated heterocycles. The smallest absolute Gasteiger partial charge is 0.243 e. The molecule has 1 fully saturated rings. The molecule has 1 heterocycles. The van der Waals surface area contributed by atoms with Gasteiger partial charge in [0.05, 0.1) is 11.5 Å². The molecule has 2 aromatic rings. The molecule has 0 bridgehead atoms. The first-order valence-electron chi connectivity index (χ1n) is 9.18. The third-order valence-electron chi connectivity index (χ3n) is 4.84. The van der Waals surface area contributed by atoms with Crippen LogP contribution in [0, 0.1) is 5.92 Å². The topological polar surface area (TPSA) is 46.6 Å². The molecule has 0 aromatic heterocycles. The van der Waals surface area contributed by atoms with Crippen LogP contribution in [0.1, 0.15) is 39.5 Å². The van der Waals surface area contributed by atoms with E-state index in [1.807, 2.05) is 24.3 Å². The van der Waals surface area contributed by atoms with Crippen LogP contribution in [0.15, 0.2) is 41.3 Å². The number of piperidine rings is 1. The molecule has 0 saturated carbocycles. The number of unbranched alkanes of at least 4 members (excludes halogenated alkanes) is 1. The maximum absolute atomic E-state index is 13.2. The molecule has 5 heteroatoms. The second-order valence-electron chi connectivity index (χ2n) is 6.92. The van der Waals surface area contributed by atoms with Crippen LogP contribution >= 0.6 is 0 Å². The Bertz CT molecular complexity index is 832. The zero-order chi connectivity index (χ0) is 17.9. The van der Waals surface area contributed by atoms with Crippen molar-refractivity contribution in [1.29, 1.82) is 0 Å². The van der Waals surface area contributed by atoms with Crippen molar-refractivity contribution in [3.05, 3.63) is 36.4 Å². The fourth-order valence-corrected chi connectivity index (χ4v) is 5.22. The van der Waals surface area contributed by atoms with E-state index in [0.29, 0.717) is 30.5 Å². The molecule has 0 unspecified atom stereocenters. The molecule has 136 valence electrons. The van der Waals surface area contributed by atoms with Gasteiger partial charge in [-0.25, -0.2) is 8.42 Å². The lowest BCUT2D eigenvalue weighted by atomic mass is 10.0. The molecule has 1 atom stereocenters. The zero-order valence-electron chi connectivity index (χ0n) is 15.1.